The van der Waals surface area contributed by atoms with E-state index >= 15 is 0 Å². The first kappa shape index (κ1) is 8.94. The van der Waals surface area contributed by atoms with Crippen LogP contribution in [0.1, 0.15) is 25.0 Å². The SMILES string of the molecule is CCC(=O)[C@H](O)c1ccccc1. The maximum absolute atomic E-state index is 11.1. The monoisotopic (exact) mass is 164 g/mol. The zero-order chi connectivity index (χ0) is 8.97. The maximum atomic E-state index is 11.1. The summed E-state index contributed by atoms with van der Waals surface area (Å²) in [7, 11) is 0. The van der Waals surface area contributed by atoms with Crippen LogP contribution in [0.5, 0.6) is 0 Å². The third kappa shape index (κ3) is 1.92. The number of hydrogen-bond acceptors (Lipinski definition) is 2. The molecule has 1 atom stereocenters. The number of Topliss-reactive ketones (excluding diaryl/α,β-unsaturated/α-hetero) is 1. The first-order valence-corrected chi connectivity index (χ1v) is 4.01. The van der Waals surface area contributed by atoms with Crippen LogP contribution >= 0.6 is 0 Å². The molecule has 0 aliphatic carbocycles. The summed E-state index contributed by atoms with van der Waals surface area (Å²) in [4.78, 5) is 11.1. The van der Waals surface area contributed by atoms with Crippen LogP contribution in [0.25, 0.3) is 0 Å². The van der Waals surface area contributed by atoms with Gasteiger partial charge in [-0.3, -0.25) is 4.79 Å². The highest BCUT2D eigenvalue weighted by atomic mass is 16.3. The van der Waals surface area contributed by atoms with Gasteiger partial charge in [0.1, 0.15) is 6.10 Å². The van der Waals surface area contributed by atoms with Gasteiger partial charge in [-0.05, 0) is 5.56 Å². The zero-order valence-corrected chi connectivity index (χ0v) is 7.03. The Morgan fingerprint density at radius 2 is 2.00 bits per heavy atom. The predicted molar refractivity (Wildman–Crippen MR) is 46.7 cm³/mol. The Bertz CT molecular complexity index is 254. The molecule has 0 unspecified atom stereocenters. The minimum absolute atomic E-state index is 0.138. The van der Waals surface area contributed by atoms with Crippen LogP contribution in [0.4, 0.5) is 0 Å². The Kier molecular flexibility index (Phi) is 3.00. The Morgan fingerprint density at radius 1 is 1.42 bits per heavy atom. The van der Waals surface area contributed by atoms with Crippen molar-refractivity contribution < 1.29 is 9.90 Å². The van der Waals surface area contributed by atoms with Crippen LogP contribution in [-0.2, 0) is 4.79 Å². The number of benzene rings is 1. The molecule has 0 radical (unpaired) electrons. The van der Waals surface area contributed by atoms with E-state index in [-0.39, 0.29) is 5.78 Å². The summed E-state index contributed by atoms with van der Waals surface area (Å²) in [5, 5.41) is 9.44. The number of aliphatic hydroxyl groups excluding tert-OH is 1. The van der Waals surface area contributed by atoms with E-state index < -0.39 is 6.10 Å². The molecular formula is C10H12O2. The van der Waals surface area contributed by atoms with Gasteiger partial charge < -0.3 is 5.11 Å². The van der Waals surface area contributed by atoms with Crippen molar-refractivity contribution in [3.8, 4) is 0 Å². The lowest BCUT2D eigenvalue weighted by molar-refractivity contribution is -0.127. The second kappa shape index (κ2) is 4.02. The fourth-order valence-electron chi connectivity index (χ4n) is 1.01. The van der Waals surface area contributed by atoms with Crippen LogP contribution in [0.15, 0.2) is 30.3 Å². The van der Waals surface area contributed by atoms with Crippen LogP contribution in [-0.4, -0.2) is 10.9 Å². The van der Waals surface area contributed by atoms with E-state index in [4.69, 9.17) is 0 Å². The van der Waals surface area contributed by atoms with E-state index in [2.05, 4.69) is 0 Å². The van der Waals surface area contributed by atoms with Gasteiger partial charge in [0.2, 0.25) is 0 Å². The number of rotatable bonds is 3. The Labute approximate surface area is 71.8 Å². The van der Waals surface area contributed by atoms with Crippen molar-refractivity contribution in [2.45, 2.75) is 19.4 Å². The van der Waals surface area contributed by atoms with Crippen LogP contribution < -0.4 is 0 Å². The lowest BCUT2D eigenvalue weighted by Crippen LogP contribution is -2.09. The fourth-order valence-corrected chi connectivity index (χ4v) is 1.01. The molecule has 0 saturated carbocycles. The highest BCUT2D eigenvalue weighted by molar-refractivity contribution is 5.83. The molecular weight excluding hydrogens is 152 g/mol. The largest absolute Gasteiger partial charge is 0.381 e. The molecule has 12 heavy (non-hydrogen) atoms. The average molecular weight is 164 g/mol. The quantitative estimate of drug-likeness (QED) is 0.738. The van der Waals surface area contributed by atoms with Gasteiger partial charge >= 0.3 is 0 Å². The second-order valence-corrected chi connectivity index (χ2v) is 2.63. The van der Waals surface area contributed by atoms with Crippen LogP contribution in [0, 0.1) is 0 Å². The number of carbonyl (C=O) groups is 1. The lowest BCUT2D eigenvalue weighted by atomic mass is 10.0. The van der Waals surface area contributed by atoms with Gasteiger partial charge in [-0.15, -0.1) is 0 Å². The molecule has 64 valence electrons. The van der Waals surface area contributed by atoms with Crippen molar-refractivity contribution in [2.75, 3.05) is 0 Å². The summed E-state index contributed by atoms with van der Waals surface area (Å²) < 4.78 is 0. The summed E-state index contributed by atoms with van der Waals surface area (Å²) >= 11 is 0. The van der Waals surface area contributed by atoms with Gasteiger partial charge in [0.05, 0.1) is 0 Å². The number of hydrogen-bond donors (Lipinski definition) is 1. The molecule has 1 rings (SSSR count). The van der Waals surface area contributed by atoms with E-state index in [1.807, 2.05) is 18.2 Å². The van der Waals surface area contributed by atoms with E-state index in [9.17, 15) is 9.90 Å². The second-order valence-electron chi connectivity index (χ2n) is 2.63. The summed E-state index contributed by atoms with van der Waals surface area (Å²) in [5.41, 5.74) is 0.671. The minimum atomic E-state index is -0.948. The third-order valence-electron chi connectivity index (χ3n) is 1.77. The minimum Gasteiger partial charge on any atom is -0.381 e. The fraction of sp³-hybridized carbons (Fsp3) is 0.300. The number of aliphatic hydroxyl groups is 1. The van der Waals surface area contributed by atoms with Crippen molar-refractivity contribution in [3.63, 3.8) is 0 Å². The van der Waals surface area contributed by atoms with Gasteiger partial charge in [0.25, 0.3) is 0 Å². The maximum Gasteiger partial charge on any atom is 0.165 e. The van der Waals surface area contributed by atoms with E-state index in [1.165, 1.54) is 0 Å². The van der Waals surface area contributed by atoms with Gasteiger partial charge in [0, 0.05) is 6.42 Å². The highest BCUT2D eigenvalue weighted by Gasteiger charge is 2.13. The molecule has 0 fully saturated rings. The predicted octanol–water partition coefficient (Wildman–Crippen LogP) is 1.70. The van der Waals surface area contributed by atoms with E-state index in [0.29, 0.717) is 12.0 Å². The molecule has 0 bridgehead atoms. The highest BCUT2D eigenvalue weighted by Crippen LogP contribution is 2.13. The smallest absolute Gasteiger partial charge is 0.165 e. The van der Waals surface area contributed by atoms with Gasteiger partial charge in [-0.25, -0.2) is 0 Å². The first-order valence-electron chi connectivity index (χ1n) is 4.01. The topological polar surface area (TPSA) is 37.3 Å². The average Bonchev–Trinajstić information content (AvgIpc) is 2.17. The van der Waals surface area contributed by atoms with E-state index in [1.54, 1.807) is 19.1 Å². The first-order chi connectivity index (χ1) is 5.75. The summed E-state index contributed by atoms with van der Waals surface area (Å²) in [6.07, 6.45) is -0.577. The summed E-state index contributed by atoms with van der Waals surface area (Å²) in [6, 6.07) is 8.96. The molecule has 0 amide bonds. The molecule has 2 heteroatoms. The zero-order valence-electron chi connectivity index (χ0n) is 7.03. The van der Waals surface area contributed by atoms with Gasteiger partial charge in [0.15, 0.2) is 5.78 Å². The molecule has 1 aromatic carbocycles. The number of carbonyl (C=O) groups excluding carboxylic acids is 1. The Morgan fingerprint density at radius 3 is 2.50 bits per heavy atom. The van der Waals surface area contributed by atoms with Crippen molar-refractivity contribution in [2.24, 2.45) is 0 Å². The van der Waals surface area contributed by atoms with E-state index in [0.717, 1.165) is 0 Å². The molecule has 2 nitrogen and oxygen atoms in total. The molecule has 0 heterocycles. The molecule has 0 aliphatic heterocycles. The lowest BCUT2D eigenvalue weighted by Gasteiger charge is -2.07. The Balaban J connectivity index is 2.78. The summed E-state index contributed by atoms with van der Waals surface area (Å²) in [6.45, 7) is 1.74. The molecule has 0 aliphatic rings. The van der Waals surface area contributed by atoms with Crippen molar-refractivity contribution in [1.82, 2.24) is 0 Å². The molecule has 1 N–H and O–H groups in total. The van der Waals surface area contributed by atoms with Crippen LogP contribution in [0.2, 0.25) is 0 Å². The van der Waals surface area contributed by atoms with Gasteiger partial charge in [-0.1, -0.05) is 37.3 Å². The normalized spacial score (nSPS) is 12.5. The molecule has 0 spiro atoms. The Hall–Kier alpha value is -1.15. The summed E-state index contributed by atoms with van der Waals surface area (Å²) in [5.74, 6) is -0.138. The molecule has 0 aromatic heterocycles. The van der Waals surface area contributed by atoms with Crippen LogP contribution in [0.3, 0.4) is 0 Å². The number of ketones is 1. The third-order valence-corrected chi connectivity index (χ3v) is 1.77. The standard InChI is InChI=1S/C10H12O2/c1-2-9(11)10(12)8-6-4-3-5-7-8/h3-7,10,12H,2H2,1H3/t10-/m1/s1. The molecule has 0 saturated heterocycles. The van der Waals surface area contributed by atoms with Crippen molar-refractivity contribution in [1.29, 1.82) is 0 Å². The molecule has 1 aromatic rings. The van der Waals surface area contributed by atoms with Gasteiger partial charge in [-0.2, -0.15) is 0 Å². The van der Waals surface area contributed by atoms with Crippen molar-refractivity contribution >= 4 is 5.78 Å². The van der Waals surface area contributed by atoms with Crippen molar-refractivity contribution in [3.05, 3.63) is 35.9 Å².